The van der Waals surface area contributed by atoms with Crippen LogP contribution in [0.2, 0.25) is 0 Å². The molecule has 0 atom stereocenters. The van der Waals surface area contributed by atoms with Crippen molar-refractivity contribution in [1.82, 2.24) is 29.5 Å². The normalized spacial score (nSPS) is 12.8. The van der Waals surface area contributed by atoms with Gasteiger partial charge in [-0.05, 0) is 25.1 Å². The lowest BCUT2D eigenvalue weighted by Gasteiger charge is -2.13. The van der Waals surface area contributed by atoms with E-state index in [1.165, 1.54) is 18.3 Å². The zero-order valence-electron chi connectivity index (χ0n) is 15.0. The standard InChI is InChI=1S/C18H13F3N6O2/c1-10-15-8-27-17(24-16(25-27)7-12-4-5-23-29-12)13-6-11(28-18(19,20)21)2-3-14(13)26(15)9-22-10/h2-6,9H,7-8H2,1H3. The smallest absolute Gasteiger partial charge is 0.406 e. The van der Waals surface area contributed by atoms with E-state index >= 15 is 0 Å². The molecule has 148 valence electrons. The van der Waals surface area contributed by atoms with Crippen molar-refractivity contribution >= 4 is 0 Å². The summed E-state index contributed by atoms with van der Waals surface area (Å²) in [6, 6.07) is 5.84. The number of aryl methyl sites for hydroxylation is 1. The minimum atomic E-state index is -4.79. The van der Waals surface area contributed by atoms with E-state index < -0.39 is 6.36 Å². The fourth-order valence-corrected chi connectivity index (χ4v) is 3.37. The number of hydrogen-bond donors (Lipinski definition) is 0. The third-order valence-corrected chi connectivity index (χ3v) is 4.62. The predicted molar refractivity (Wildman–Crippen MR) is 92.4 cm³/mol. The summed E-state index contributed by atoms with van der Waals surface area (Å²) in [7, 11) is 0. The Morgan fingerprint density at radius 1 is 1.24 bits per heavy atom. The van der Waals surface area contributed by atoms with E-state index in [0.717, 1.165) is 11.4 Å². The topological polar surface area (TPSA) is 83.8 Å². The number of ether oxygens (including phenoxy) is 1. The summed E-state index contributed by atoms with van der Waals surface area (Å²) in [6.45, 7) is 2.23. The van der Waals surface area contributed by atoms with Gasteiger partial charge in [-0.2, -0.15) is 5.10 Å². The molecule has 0 aliphatic carbocycles. The first kappa shape index (κ1) is 17.5. The van der Waals surface area contributed by atoms with Crippen LogP contribution in [0.4, 0.5) is 13.2 Å². The van der Waals surface area contributed by atoms with E-state index in [4.69, 9.17) is 4.52 Å². The number of benzene rings is 1. The van der Waals surface area contributed by atoms with E-state index in [1.807, 2.05) is 11.5 Å². The Balaban J connectivity index is 1.66. The first-order valence-electron chi connectivity index (χ1n) is 8.64. The summed E-state index contributed by atoms with van der Waals surface area (Å²) in [5.74, 6) is 1.16. The van der Waals surface area contributed by atoms with Gasteiger partial charge in [0.25, 0.3) is 0 Å². The summed E-state index contributed by atoms with van der Waals surface area (Å²) < 4.78 is 50.8. The van der Waals surface area contributed by atoms with Crippen LogP contribution in [0.1, 0.15) is 23.0 Å². The average Bonchev–Trinajstić information content (AvgIpc) is 3.36. The van der Waals surface area contributed by atoms with Crippen LogP contribution in [0.25, 0.3) is 17.1 Å². The average molecular weight is 402 g/mol. The maximum absolute atomic E-state index is 12.7. The number of hydrogen-bond acceptors (Lipinski definition) is 6. The lowest BCUT2D eigenvalue weighted by atomic mass is 10.1. The Hall–Kier alpha value is -3.63. The van der Waals surface area contributed by atoms with Crippen molar-refractivity contribution in [2.45, 2.75) is 26.3 Å². The number of fused-ring (bicyclic) bond motifs is 5. The highest BCUT2D eigenvalue weighted by atomic mass is 19.4. The molecule has 11 heteroatoms. The van der Waals surface area contributed by atoms with Crippen LogP contribution in [-0.2, 0) is 13.0 Å². The van der Waals surface area contributed by atoms with Gasteiger partial charge in [0.2, 0.25) is 0 Å². The summed E-state index contributed by atoms with van der Waals surface area (Å²) in [4.78, 5) is 8.88. The monoisotopic (exact) mass is 402 g/mol. The maximum Gasteiger partial charge on any atom is 0.573 e. The molecule has 0 spiro atoms. The largest absolute Gasteiger partial charge is 0.573 e. The molecule has 0 bridgehead atoms. The van der Waals surface area contributed by atoms with Crippen molar-refractivity contribution in [2.24, 2.45) is 0 Å². The first-order valence-corrected chi connectivity index (χ1v) is 8.64. The first-order chi connectivity index (χ1) is 13.9. The van der Waals surface area contributed by atoms with Crippen molar-refractivity contribution in [3.05, 3.63) is 59.8 Å². The molecule has 0 fully saturated rings. The van der Waals surface area contributed by atoms with Gasteiger partial charge in [-0.1, -0.05) is 5.16 Å². The number of nitrogens with zero attached hydrogens (tertiary/aromatic N) is 6. The van der Waals surface area contributed by atoms with E-state index in [0.29, 0.717) is 41.6 Å². The quantitative estimate of drug-likeness (QED) is 0.461. The SMILES string of the molecule is Cc1ncn2c1Cn1nc(Cc3ccno3)nc1-c1cc(OC(F)(F)F)ccc1-2. The molecule has 3 aromatic heterocycles. The summed E-state index contributed by atoms with van der Waals surface area (Å²) in [5.41, 5.74) is 2.77. The molecule has 0 radical (unpaired) electrons. The highest BCUT2D eigenvalue weighted by molar-refractivity contribution is 5.71. The van der Waals surface area contributed by atoms with Crippen LogP contribution in [0.15, 0.2) is 41.3 Å². The van der Waals surface area contributed by atoms with Crippen LogP contribution in [0, 0.1) is 6.92 Å². The van der Waals surface area contributed by atoms with Crippen molar-refractivity contribution in [3.8, 4) is 22.8 Å². The van der Waals surface area contributed by atoms with E-state index in [2.05, 4.69) is 25.0 Å². The molecule has 0 saturated carbocycles. The number of alkyl halides is 3. The van der Waals surface area contributed by atoms with Crippen LogP contribution < -0.4 is 4.74 Å². The summed E-state index contributed by atoms with van der Waals surface area (Å²) in [5, 5.41) is 8.18. The number of rotatable bonds is 3. The molecular weight excluding hydrogens is 389 g/mol. The summed E-state index contributed by atoms with van der Waals surface area (Å²) >= 11 is 0. The van der Waals surface area contributed by atoms with Gasteiger partial charge in [-0.25, -0.2) is 14.6 Å². The van der Waals surface area contributed by atoms with Crippen LogP contribution in [0.3, 0.4) is 0 Å². The molecule has 0 unspecified atom stereocenters. The summed E-state index contributed by atoms with van der Waals surface area (Å²) in [6.07, 6.45) is -1.32. The second-order valence-electron chi connectivity index (χ2n) is 6.54. The highest BCUT2D eigenvalue weighted by Crippen LogP contribution is 2.35. The van der Waals surface area contributed by atoms with Crippen LogP contribution in [-0.4, -0.2) is 35.8 Å². The minimum absolute atomic E-state index is 0.312. The van der Waals surface area contributed by atoms with Crippen molar-refractivity contribution < 1.29 is 22.4 Å². The molecule has 29 heavy (non-hydrogen) atoms. The number of imidazole rings is 1. The highest BCUT2D eigenvalue weighted by Gasteiger charge is 2.32. The fourth-order valence-electron chi connectivity index (χ4n) is 3.37. The molecule has 0 amide bonds. The maximum atomic E-state index is 12.7. The molecule has 1 aliphatic heterocycles. The van der Waals surface area contributed by atoms with Crippen molar-refractivity contribution in [2.75, 3.05) is 0 Å². The zero-order valence-corrected chi connectivity index (χ0v) is 15.0. The molecule has 0 saturated heterocycles. The Kier molecular flexibility index (Phi) is 3.73. The van der Waals surface area contributed by atoms with Gasteiger partial charge in [0.1, 0.15) is 11.5 Å². The third-order valence-electron chi connectivity index (χ3n) is 4.62. The van der Waals surface area contributed by atoms with Crippen molar-refractivity contribution in [3.63, 3.8) is 0 Å². The molecule has 1 aromatic carbocycles. The van der Waals surface area contributed by atoms with Gasteiger partial charge >= 0.3 is 6.36 Å². The van der Waals surface area contributed by atoms with Gasteiger partial charge < -0.3 is 13.8 Å². The second-order valence-corrected chi connectivity index (χ2v) is 6.54. The predicted octanol–water partition coefficient (Wildman–Crippen LogP) is 3.28. The van der Waals surface area contributed by atoms with Gasteiger partial charge in [0.05, 0.1) is 42.6 Å². The van der Waals surface area contributed by atoms with Gasteiger partial charge in [-0.3, -0.25) is 0 Å². The third kappa shape index (κ3) is 3.13. The Labute approximate surface area is 161 Å². The van der Waals surface area contributed by atoms with Crippen LogP contribution >= 0.6 is 0 Å². The molecule has 5 rings (SSSR count). The lowest BCUT2D eigenvalue weighted by Crippen LogP contribution is -2.17. The lowest BCUT2D eigenvalue weighted by molar-refractivity contribution is -0.274. The molecule has 4 aromatic rings. The van der Waals surface area contributed by atoms with E-state index in [-0.39, 0.29) is 5.75 Å². The molecule has 0 N–H and O–H groups in total. The molecule has 1 aliphatic rings. The van der Waals surface area contributed by atoms with E-state index in [1.54, 1.807) is 23.1 Å². The Morgan fingerprint density at radius 2 is 2.10 bits per heavy atom. The van der Waals surface area contributed by atoms with Gasteiger partial charge in [0.15, 0.2) is 11.6 Å². The minimum Gasteiger partial charge on any atom is -0.406 e. The second kappa shape index (κ2) is 6.19. The molecular formula is C18H13F3N6O2. The van der Waals surface area contributed by atoms with Gasteiger partial charge in [-0.15, -0.1) is 13.2 Å². The van der Waals surface area contributed by atoms with E-state index in [9.17, 15) is 13.2 Å². The Morgan fingerprint density at radius 3 is 2.86 bits per heavy atom. The van der Waals surface area contributed by atoms with Crippen molar-refractivity contribution in [1.29, 1.82) is 0 Å². The fraction of sp³-hybridized carbons (Fsp3) is 0.222. The molecule has 4 heterocycles. The number of halogens is 3. The van der Waals surface area contributed by atoms with Gasteiger partial charge in [0, 0.05) is 11.6 Å². The number of aromatic nitrogens is 6. The zero-order chi connectivity index (χ0) is 20.2. The Bertz CT molecular complexity index is 1190. The molecule has 8 nitrogen and oxygen atoms in total. The van der Waals surface area contributed by atoms with Crippen LogP contribution in [0.5, 0.6) is 5.75 Å².